The van der Waals surface area contributed by atoms with Gasteiger partial charge in [-0.25, -0.2) is 0 Å². The van der Waals surface area contributed by atoms with Crippen LogP contribution in [-0.2, 0) is 19.8 Å². The molecule has 1 aliphatic carbocycles. The maximum atomic E-state index is 11.8. The molecule has 1 aliphatic heterocycles. The van der Waals surface area contributed by atoms with Crippen molar-refractivity contribution in [2.75, 3.05) is 26.3 Å². The molecule has 2 rings (SSSR count). The molecule has 0 spiro atoms. The van der Waals surface area contributed by atoms with Crippen LogP contribution in [0.15, 0.2) is 0 Å². The van der Waals surface area contributed by atoms with E-state index in [4.69, 9.17) is 9.57 Å². The van der Waals surface area contributed by atoms with E-state index >= 15 is 0 Å². The van der Waals surface area contributed by atoms with Crippen LogP contribution in [0, 0.1) is 0 Å². The summed E-state index contributed by atoms with van der Waals surface area (Å²) in [4.78, 5) is 7.41. The first-order valence-corrected chi connectivity index (χ1v) is 7.13. The minimum absolute atomic E-state index is 0.0378. The monoisotopic (exact) mass is 250 g/mol. The van der Waals surface area contributed by atoms with E-state index in [2.05, 4.69) is 4.89 Å². The van der Waals surface area contributed by atoms with Crippen LogP contribution in [0.25, 0.3) is 0 Å². The van der Waals surface area contributed by atoms with Crippen molar-refractivity contribution in [3.8, 4) is 0 Å². The summed E-state index contributed by atoms with van der Waals surface area (Å²) in [5.74, 6) is 0. The SMILES string of the molecule is O=S(=O)(NOC1CCCC1)N1CCOCC1. The zero-order valence-corrected chi connectivity index (χ0v) is 10.0. The molecule has 1 saturated carbocycles. The van der Waals surface area contributed by atoms with Crippen LogP contribution in [0.2, 0.25) is 0 Å². The Morgan fingerprint density at radius 3 is 2.44 bits per heavy atom. The first kappa shape index (κ1) is 12.3. The third-order valence-electron chi connectivity index (χ3n) is 2.93. The van der Waals surface area contributed by atoms with E-state index < -0.39 is 10.2 Å². The number of morpholine rings is 1. The van der Waals surface area contributed by atoms with Crippen molar-refractivity contribution in [3.63, 3.8) is 0 Å². The molecule has 0 aromatic rings. The van der Waals surface area contributed by atoms with Crippen LogP contribution >= 0.6 is 0 Å². The van der Waals surface area contributed by atoms with Gasteiger partial charge in [-0.05, 0) is 12.8 Å². The third-order valence-corrected chi connectivity index (χ3v) is 4.28. The lowest BCUT2D eigenvalue weighted by Gasteiger charge is -2.26. The summed E-state index contributed by atoms with van der Waals surface area (Å²) in [6.07, 6.45) is 4.14. The number of rotatable bonds is 4. The van der Waals surface area contributed by atoms with E-state index in [1.807, 2.05) is 0 Å². The summed E-state index contributed by atoms with van der Waals surface area (Å²) in [5.41, 5.74) is 0. The Kier molecular flexibility index (Phi) is 4.15. The van der Waals surface area contributed by atoms with Gasteiger partial charge in [0.05, 0.1) is 19.3 Å². The highest BCUT2D eigenvalue weighted by Crippen LogP contribution is 2.20. The minimum Gasteiger partial charge on any atom is -0.379 e. The third kappa shape index (κ3) is 3.14. The molecule has 94 valence electrons. The quantitative estimate of drug-likeness (QED) is 0.715. The molecular weight excluding hydrogens is 232 g/mol. The Morgan fingerprint density at radius 1 is 1.19 bits per heavy atom. The van der Waals surface area contributed by atoms with E-state index in [9.17, 15) is 8.42 Å². The van der Waals surface area contributed by atoms with Gasteiger partial charge in [0, 0.05) is 13.1 Å². The Labute approximate surface area is 96.0 Å². The number of hydrogen-bond acceptors (Lipinski definition) is 4. The Morgan fingerprint density at radius 2 is 1.81 bits per heavy atom. The highest BCUT2D eigenvalue weighted by atomic mass is 32.2. The van der Waals surface area contributed by atoms with E-state index in [0.29, 0.717) is 26.3 Å². The number of nitrogens with zero attached hydrogens (tertiary/aromatic N) is 1. The fraction of sp³-hybridized carbons (Fsp3) is 1.00. The lowest BCUT2D eigenvalue weighted by atomic mass is 10.3. The molecule has 0 atom stereocenters. The van der Waals surface area contributed by atoms with Crippen LogP contribution in [0.3, 0.4) is 0 Å². The summed E-state index contributed by atoms with van der Waals surface area (Å²) in [5, 5.41) is 0. The van der Waals surface area contributed by atoms with Crippen molar-refractivity contribution in [2.24, 2.45) is 0 Å². The summed E-state index contributed by atoms with van der Waals surface area (Å²) in [7, 11) is -3.49. The van der Waals surface area contributed by atoms with Crippen molar-refractivity contribution < 1.29 is 18.0 Å². The van der Waals surface area contributed by atoms with Crippen molar-refractivity contribution >= 4 is 10.2 Å². The normalized spacial score (nSPS) is 25.0. The minimum atomic E-state index is -3.49. The molecule has 16 heavy (non-hydrogen) atoms. The molecule has 0 radical (unpaired) electrons. The first-order valence-electron chi connectivity index (χ1n) is 5.69. The highest BCUT2D eigenvalue weighted by molar-refractivity contribution is 7.87. The van der Waals surface area contributed by atoms with Crippen molar-refractivity contribution in [2.45, 2.75) is 31.8 Å². The van der Waals surface area contributed by atoms with Gasteiger partial charge in [0.1, 0.15) is 0 Å². The van der Waals surface area contributed by atoms with E-state index in [-0.39, 0.29) is 6.10 Å². The maximum absolute atomic E-state index is 11.8. The topological polar surface area (TPSA) is 67.9 Å². The van der Waals surface area contributed by atoms with Crippen LogP contribution in [0.4, 0.5) is 0 Å². The largest absolute Gasteiger partial charge is 0.379 e. The fourth-order valence-corrected chi connectivity index (χ4v) is 2.97. The molecule has 0 aromatic heterocycles. The summed E-state index contributed by atoms with van der Waals surface area (Å²) in [6.45, 7) is 1.68. The van der Waals surface area contributed by atoms with Gasteiger partial charge in [0.2, 0.25) is 0 Å². The molecule has 7 heteroatoms. The van der Waals surface area contributed by atoms with Gasteiger partial charge in [0.15, 0.2) is 0 Å². The molecule has 2 fully saturated rings. The lowest BCUT2D eigenvalue weighted by Crippen LogP contribution is -2.47. The molecule has 1 heterocycles. The van der Waals surface area contributed by atoms with E-state index in [1.165, 1.54) is 4.31 Å². The molecule has 0 aromatic carbocycles. The van der Waals surface area contributed by atoms with Crippen LogP contribution < -0.4 is 4.89 Å². The van der Waals surface area contributed by atoms with Gasteiger partial charge in [-0.3, -0.25) is 4.84 Å². The van der Waals surface area contributed by atoms with E-state index in [1.54, 1.807) is 0 Å². The lowest BCUT2D eigenvalue weighted by molar-refractivity contribution is 0.0141. The van der Waals surface area contributed by atoms with Gasteiger partial charge in [0.25, 0.3) is 0 Å². The van der Waals surface area contributed by atoms with Gasteiger partial charge in [-0.15, -0.1) is 0 Å². The second kappa shape index (κ2) is 5.42. The molecule has 0 unspecified atom stereocenters. The zero-order valence-electron chi connectivity index (χ0n) is 9.22. The first-order chi connectivity index (χ1) is 7.68. The number of ether oxygens (including phenoxy) is 1. The Hall–Kier alpha value is -0.210. The molecule has 2 aliphatic rings. The van der Waals surface area contributed by atoms with Gasteiger partial charge < -0.3 is 4.74 Å². The predicted molar refractivity (Wildman–Crippen MR) is 57.8 cm³/mol. The van der Waals surface area contributed by atoms with Crippen molar-refractivity contribution in [1.29, 1.82) is 0 Å². The molecule has 0 bridgehead atoms. The van der Waals surface area contributed by atoms with Crippen molar-refractivity contribution in [3.05, 3.63) is 0 Å². The second-order valence-electron chi connectivity index (χ2n) is 4.12. The maximum Gasteiger partial charge on any atom is 0.301 e. The molecular formula is C9H18N2O4S. The number of nitrogens with one attached hydrogen (secondary N) is 1. The highest BCUT2D eigenvalue weighted by Gasteiger charge is 2.26. The smallest absolute Gasteiger partial charge is 0.301 e. The van der Waals surface area contributed by atoms with Crippen molar-refractivity contribution in [1.82, 2.24) is 9.19 Å². The Bertz CT molecular complexity index is 307. The molecule has 1 N–H and O–H groups in total. The van der Waals surface area contributed by atoms with Crippen LogP contribution in [-0.4, -0.2) is 45.1 Å². The zero-order chi connectivity index (χ0) is 11.4. The van der Waals surface area contributed by atoms with Gasteiger partial charge in [-0.2, -0.15) is 12.7 Å². The van der Waals surface area contributed by atoms with Crippen LogP contribution in [0.1, 0.15) is 25.7 Å². The summed E-state index contributed by atoms with van der Waals surface area (Å²) in [6, 6.07) is 0. The molecule has 6 nitrogen and oxygen atoms in total. The standard InChI is InChI=1S/C9H18N2O4S/c12-16(13,11-5-7-14-8-6-11)10-15-9-3-1-2-4-9/h9-10H,1-8H2. The molecule has 1 saturated heterocycles. The van der Waals surface area contributed by atoms with Gasteiger partial charge in [-0.1, -0.05) is 17.7 Å². The fourth-order valence-electron chi connectivity index (χ4n) is 1.97. The van der Waals surface area contributed by atoms with E-state index in [0.717, 1.165) is 25.7 Å². The summed E-state index contributed by atoms with van der Waals surface area (Å²) >= 11 is 0. The average Bonchev–Trinajstić information content (AvgIpc) is 2.81. The summed E-state index contributed by atoms with van der Waals surface area (Å²) < 4.78 is 30.0. The average molecular weight is 250 g/mol. The van der Waals surface area contributed by atoms with Gasteiger partial charge >= 0.3 is 10.2 Å². The van der Waals surface area contributed by atoms with Crippen LogP contribution in [0.5, 0.6) is 0 Å². The second-order valence-corrected chi connectivity index (χ2v) is 5.76. The number of hydrogen-bond donors (Lipinski definition) is 1. The predicted octanol–water partition coefficient (Wildman–Crippen LogP) is 0.0272. The Balaban J connectivity index is 1.81. The molecule has 0 amide bonds.